The highest BCUT2D eigenvalue weighted by Gasteiger charge is 2.12. The Morgan fingerprint density at radius 2 is 2.16 bits per heavy atom. The summed E-state index contributed by atoms with van der Waals surface area (Å²) in [5.41, 5.74) is 8.47. The summed E-state index contributed by atoms with van der Waals surface area (Å²) in [5.74, 6) is -0.321. The first-order chi connectivity index (χ1) is 8.97. The van der Waals surface area contributed by atoms with E-state index < -0.39 is 5.97 Å². The fourth-order valence-corrected chi connectivity index (χ4v) is 2.46. The number of benzene rings is 1. The summed E-state index contributed by atoms with van der Waals surface area (Å²) in [6, 6.07) is 8.37. The molecule has 0 amide bonds. The van der Waals surface area contributed by atoms with Gasteiger partial charge in [0.1, 0.15) is 0 Å². The van der Waals surface area contributed by atoms with E-state index in [1.165, 1.54) is 11.1 Å². The van der Waals surface area contributed by atoms with E-state index in [1.54, 1.807) is 0 Å². The van der Waals surface area contributed by atoms with Crippen molar-refractivity contribution in [3.8, 4) is 0 Å². The Bertz CT molecular complexity index is 403. The molecule has 0 aliphatic carbocycles. The lowest BCUT2D eigenvalue weighted by molar-refractivity contribution is -0.137. The van der Waals surface area contributed by atoms with Crippen LogP contribution in [0.5, 0.6) is 0 Å². The molecule has 0 saturated carbocycles. The van der Waals surface area contributed by atoms with Crippen molar-refractivity contribution in [3.05, 3.63) is 35.4 Å². The summed E-state index contributed by atoms with van der Waals surface area (Å²) in [5, 5.41) is 8.67. The van der Waals surface area contributed by atoms with Gasteiger partial charge in [-0.1, -0.05) is 43.2 Å². The van der Waals surface area contributed by atoms with Crippen LogP contribution >= 0.6 is 0 Å². The predicted octanol–water partition coefficient (Wildman–Crippen LogP) is 3.15. The van der Waals surface area contributed by atoms with Gasteiger partial charge in [-0.2, -0.15) is 0 Å². The van der Waals surface area contributed by atoms with Gasteiger partial charge in [0.2, 0.25) is 0 Å². The second kappa shape index (κ2) is 7.95. The summed E-state index contributed by atoms with van der Waals surface area (Å²) >= 11 is 0. The number of carboxylic acids is 1. The van der Waals surface area contributed by atoms with Crippen LogP contribution < -0.4 is 5.73 Å². The van der Waals surface area contributed by atoms with Crippen molar-refractivity contribution in [1.82, 2.24) is 0 Å². The molecular formula is C16H25NO2. The molecule has 3 nitrogen and oxygen atoms in total. The van der Waals surface area contributed by atoms with Crippen molar-refractivity contribution >= 4 is 5.97 Å². The Hall–Kier alpha value is -1.35. The Labute approximate surface area is 115 Å². The van der Waals surface area contributed by atoms with Gasteiger partial charge in [0, 0.05) is 6.04 Å². The van der Waals surface area contributed by atoms with Crippen molar-refractivity contribution in [2.45, 2.75) is 52.0 Å². The smallest absolute Gasteiger partial charge is 0.304 e. The van der Waals surface area contributed by atoms with E-state index in [-0.39, 0.29) is 12.5 Å². The molecule has 0 fully saturated rings. The van der Waals surface area contributed by atoms with E-state index in [0.717, 1.165) is 25.7 Å². The van der Waals surface area contributed by atoms with Gasteiger partial charge in [-0.25, -0.2) is 0 Å². The summed E-state index contributed by atoms with van der Waals surface area (Å²) in [4.78, 5) is 10.5. The maximum absolute atomic E-state index is 10.5. The molecule has 0 spiro atoms. The average Bonchev–Trinajstić information content (AvgIpc) is 2.27. The number of hydrogen-bond donors (Lipinski definition) is 2. The summed E-state index contributed by atoms with van der Waals surface area (Å²) in [6.07, 6.45) is 4.17. The fourth-order valence-electron chi connectivity index (χ4n) is 2.46. The first-order valence-electron chi connectivity index (χ1n) is 7.00. The molecule has 3 heteroatoms. The molecule has 2 atom stereocenters. The summed E-state index contributed by atoms with van der Waals surface area (Å²) in [6.45, 7) is 4.26. The average molecular weight is 263 g/mol. The number of aliphatic carboxylic acids is 1. The van der Waals surface area contributed by atoms with E-state index in [0.29, 0.717) is 5.92 Å². The maximum atomic E-state index is 10.5. The molecule has 106 valence electrons. The number of nitrogens with two attached hydrogens (primary N) is 1. The number of aryl methyl sites for hydroxylation is 2. The molecule has 3 N–H and O–H groups in total. The van der Waals surface area contributed by atoms with Crippen molar-refractivity contribution in [3.63, 3.8) is 0 Å². The molecule has 0 aromatic heterocycles. The zero-order valence-corrected chi connectivity index (χ0v) is 11.9. The van der Waals surface area contributed by atoms with Gasteiger partial charge >= 0.3 is 5.97 Å². The second-order valence-corrected chi connectivity index (χ2v) is 5.58. The van der Waals surface area contributed by atoms with Crippen LogP contribution in [0.2, 0.25) is 0 Å². The Kier molecular flexibility index (Phi) is 6.57. The van der Waals surface area contributed by atoms with Crippen LogP contribution in [0.3, 0.4) is 0 Å². The SMILES string of the molecule is Cc1cccc(CCC[C@@H](C)C[C@H](N)CC(=O)O)c1. The zero-order chi connectivity index (χ0) is 14.3. The Morgan fingerprint density at radius 3 is 2.79 bits per heavy atom. The maximum Gasteiger partial charge on any atom is 0.304 e. The van der Waals surface area contributed by atoms with Gasteiger partial charge in [0.15, 0.2) is 0 Å². The van der Waals surface area contributed by atoms with Gasteiger partial charge in [0.25, 0.3) is 0 Å². The third-order valence-electron chi connectivity index (χ3n) is 3.39. The van der Waals surface area contributed by atoms with Gasteiger partial charge in [-0.15, -0.1) is 0 Å². The minimum absolute atomic E-state index is 0.0716. The van der Waals surface area contributed by atoms with Gasteiger partial charge in [0.05, 0.1) is 6.42 Å². The van der Waals surface area contributed by atoms with Crippen LogP contribution in [0.4, 0.5) is 0 Å². The van der Waals surface area contributed by atoms with E-state index in [4.69, 9.17) is 10.8 Å². The molecule has 0 aliphatic rings. The Morgan fingerprint density at radius 1 is 1.42 bits per heavy atom. The quantitative estimate of drug-likeness (QED) is 0.757. The third kappa shape index (κ3) is 6.97. The van der Waals surface area contributed by atoms with E-state index in [1.807, 2.05) is 0 Å². The van der Waals surface area contributed by atoms with Gasteiger partial charge in [-0.3, -0.25) is 4.79 Å². The first-order valence-corrected chi connectivity index (χ1v) is 7.00. The van der Waals surface area contributed by atoms with E-state index in [2.05, 4.69) is 38.1 Å². The minimum atomic E-state index is -0.806. The molecule has 0 unspecified atom stereocenters. The van der Waals surface area contributed by atoms with Gasteiger partial charge in [-0.05, 0) is 37.7 Å². The molecule has 1 aromatic carbocycles. The highest BCUT2D eigenvalue weighted by atomic mass is 16.4. The third-order valence-corrected chi connectivity index (χ3v) is 3.39. The van der Waals surface area contributed by atoms with Crippen molar-refractivity contribution in [2.75, 3.05) is 0 Å². The molecule has 0 saturated heterocycles. The van der Waals surface area contributed by atoms with Gasteiger partial charge < -0.3 is 10.8 Å². The molecule has 19 heavy (non-hydrogen) atoms. The van der Waals surface area contributed by atoms with Crippen molar-refractivity contribution in [1.29, 1.82) is 0 Å². The van der Waals surface area contributed by atoms with Crippen molar-refractivity contribution in [2.24, 2.45) is 11.7 Å². The molecule has 1 aromatic rings. The molecule has 0 bridgehead atoms. The monoisotopic (exact) mass is 263 g/mol. The van der Waals surface area contributed by atoms with Crippen LogP contribution in [0, 0.1) is 12.8 Å². The normalized spacial score (nSPS) is 14.1. The lowest BCUT2D eigenvalue weighted by atomic mass is 9.94. The number of rotatable bonds is 8. The first kappa shape index (κ1) is 15.7. The number of hydrogen-bond acceptors (Lipinski definition) is 2. The highest BCUT2D eigenvalue weighted by molar-refractivity contribution is 5.67. The lowest BCUT2D eigenvalue weighted by Crippen LogP contribution is -2.26. The number of carboxylic acid groups (broad SMARTS) is 1. The van der Waals surface area contributed by atoms with Crippen LogP contribution in [0.15, 0.2) is 24.3 Å². The molecule has 1 rings (SSSR count). The molecule has 0 radical (unpaired) electrons. The summed E-state index contributed by atoms with van der Waals surface area (Å²) in [7, 11) is 0. The minimum Gasteiger partial charge on any atom is -0.481 e. The predicted molar refractivity (Wildman–Crippen MR) is 78.1 cm³/mol. The van der Waals surface area contributed by atoms with Crippen LogP contribution in [0.25, 0.3) is 0 Å². The van der Waals surface area contributed by atoms with E-state index in [9.17, 15) is 4.79 Å². The van der Waals surface area contributed by atoms with E-state index >= 15 is 0 Å². The van der Waals surface area contributed by atoms with Crippen LogP contribution in [-0.4, -0.2) is 17.1 Å². The molecular weight excluding hydrogens is 238 g/mol. The largest absolute Gasteiger partial charge is 0.481 e. The second-order valence-electron chi connectivity index (χ2n) is 5.58. The fraction of sp³-hybridized carbons (Fsp3) is 0.562. The molecule has 0 heterocycles. The van der Waals surface area contributed by atoms with Crippen molar-refractivity contribution < 1.29 is 9.90 Å². The summed E-state index contributed by atoms with van der Waals surface area (Å²) < 4.78 is 0. The Balaban J connectivity index is 2.23. The van der Waals surface area contributed by atoms with Crippen LogP contribution in [0.1, 0.15) is 43.7 Å². The topological polar surface area (TPSA) is 63.3 Å². The molecule has 0 aliphatic heterocycles. The highest BCUT2D eigenvalue weighted by Crippen LogP contribution is 2.16. The van der Waals surface area contributed by atoms with Crippen LogP contribution in [-0.2, 0) is 11.2 Å². The zero-order valence-electron chi connectivity index (χ0n) is 11.9. The lowest BCUT2D eigenvalue weighted by Gasteiger charge is -2.15. The standard InChI is InChI=1S/C16H25NO2/c1-12-5-3-7-14(9-12)8-4-6-13(2)10-15(17)11-16(18)19/h3,5,7,9,13,15H,4,6,8,10-11,17H2,1-2H3,(H,18,19)/t13-,15+/m1/s1. The number of carbonyl (C=O) groups is 1.